The van der Waals surface area contributed by atoms with Crippen LogP contribution >= 0.6 is 27.7 Å². The van der Waals surface area contributed by atoms with Crippen molar-refractivity contribution in [2.75, 3.05) is 5.75 Å². The normalized spacial score (nSPS) is 12.1. The van der Waals surface area contributed by atoms with Gasteiger partial charge in [0.1, 0.15) is 0 Å². The predicted octanol–water partition coefficient (Wildman–Crippen LogP) is 4.41. The first-order valence-corrected chi connectivity index (χ1v) is 7.61. The highest BCUT2D eigenvalue weighted by Crippen LogP contribution is 2.31. The third-order valence-corrected chi connectivity index (χ3v) is 4.86. The molecule has 4 heteroatoms. The minimum absolute atomic E-state index is 0.488. The summed E-state index contributed by atoms with van der Waals surface area (Å²) in [6.07, 6.45) is 0. The van der Waals surface area contributed by atoms with Crippen LogP contribution in [0.3, 0.4) is 0 Å². The summed E-state index contributed by atoms with van der Waals surface area (Å²) in [5, 5.41) is 9.35. The Hall–Kier alpha value is -1.26. The van der Waals surface area contributed by atoms with Crippen LogP contribution in [0.1, 0.15) is 11.5 Å². The van der Waals surface area contributed by atoms with Crippen molar-refractivity contribution in [3.8, 4) is 0 Å². The third-order valence-electron chi connectivity index (χ3n) is 2.74. The van der Waals surface area contributed by atoms with Crippen molar-refractivity contribution in [1.82, 2.24) is 0 Å². The Morgan fingerprint density at radius 1 is 1.11 bits per heavy atom. The summed E-state index contributed by atoms with van der Waals surface area (Å²) in [4.78, 5) is 12.4. The van der Waals surface area contributed by atoms with Crippen LogP contribution in [0.4, 0.5) is 0 Å². The Bertz CT molecular complexity index is 557. The van der Waals surface area contributed by atoms with E-state index in [4.69, 9.17) is 0 Å². The summed E-state index contributed by atoms with van der Waals surface area (Å²) in [6.45, 7) is 0. The topological polar surface area (TPSA) is 37.3 Å². The van der Waals surface area contributed by atoms with Gasteiger partial charge in [0.25, 0.3) is 0 Å². The first-order chi connectivity index (χ1) is 9.18. The van der Waals surface area contributed by atoms with E-state index < -0.39 is 11.9 Å². The molecule has 2 aromatic carbocycles. The molecule has 0 spiro atoms. The molecule has 0 heterocycles. The van der Waals surface area contributed by atoms with E-state index in [0.29, 0.717) is 5.75 Å². The molecule has 0 amide bonds. The Kier molecular flexibility index (Phi) is 5.05. The first-order valence-electron chi connectivity index (χ1n) is 5.83. The van der Waals surface area contributed by atoms with Gasteiger partial charge in [-0.15, -0.1) is 11.8 Å². The second-order valence-corrected chi connectivity index (χ2v) is 5.96. The maximum Gasteiger partial charge on any atom is 0.311 e. The van der Waals surface area contributed by atoms with E-state index in [2.05, 4.69) is 15.9 Å². The molecule has 0 aliphatic rings. The molecule has 1 unspecified atom stereocenters. The number of halogens is 1. The highest BCUT2D eigenvalue weighted by Gasteiger charge is 2.20. The van der Waals surface area contributed by atoms with Gasteiger partial charge in [-0.2, -0.15) is 0 Å². The van der Waals surface area contributed by atoms with E-state index in [1.165, 1.54) is 0 Å². The van der Waals surface area contributed by atoms with Crippen molar-refractivity contribution >= 4 is 33.7 Å². The quantitative estimate of drug-likeness (QED) is 0.821. The molecule has 2 nitrogen and oxygen atoms in total. The van der Waals surface area contributed by atoms with E-state index in [1.54, 1.807) is 11.8 Å². The van der Waals surface area contributed by atoms with Gasteiger partial charge in [0, 0.05) is 15.1 Å². The molecule has 0 bridgehead atoms. The van der Waals surface area contributed by atoms with Gasteiger partial charge in [0.05, 0.1) is 5.92 Å². The van der Waals surface area contributed by atoms with Crippen LogP contribution in [0.15, 0.2) is 64.0 Å². The van der Waals surface area contributed by atoms with Crippen molar-refractivity contribution in [1.29, 1.82) is 0 Å². The highest BCUT2D eigenvalue weighted by molar-refractivity contribution is 9.10. The number of thioether (sulfide) groups is 1. The lowest BCUT2D eigenvalue weighted by Gasteiger charge is -2.12. The van der Waals surface area contributed by atoms with E-state index in [-0.39, 0.29) is 0 Å². The zero-order chi connectivity index (χ0) is 13.7. The van der Waals surface area contributed by atoms with Crippen LogP contribution in [-0.2, 0) is 4.79 Å². The fourth-order valence-electron chi connectivity index (χ4n) is 1.73. The molecule has 0 saturated heterocycles. The van der Waals surface area contributed by atoms with E-state index in [1.807, 2.05) is 54.6 Å². The number of carboxylic acid groups (broad SMARTS) is 1. The zero-order valence-corrected chi connectivity index (χ0v) is 12.5. The molecular formula is C15H13BrO2S. The summed E-state index contributed by atoms with van der Waals surface area (Å²) in [7, 11) is 0. The van der Waals surface area contributed by atoms with Crippen LogP contribution in [0, 0.1) is 0 Å². The average Bonchev–Trinajstić information content (AvgIpc) is 2.42. The molecule has 0 aliphatic carbocycles. The molecule has 0 aromatic heterocycles. The number of carbonyl (C=O) groups is 1. The van der Waals surface area contributed by atoms with E-state index >= 15 is 0 Å². The van der Waals surface area contributed by atoms with Crippen LogP contribution < -0.4 is 0 Å². The fourth-order valence-corrected chi connectivity index (χ4v) is 3.42. The minimum Gasteiger partial charge on any atom is -0.481 e. The number of benzene rings is 2. The monoisotopic (exact) mass is 336 g/mol. The molecule has 0 aliphatic heterocycles. The summed E-state index contributed by atoms with van der Waals surface area (Å²) >= 11 is 5.02. The van der Waals surface area contributed by atoms with Crippen molar-refractivity contribution in [3.63, 3.8) is 0 Å². The smallest absolute Gasteiger partial charge is 0.311 e. The average molecular weight is 337 g/mol. The molecule has 98 valence electrons. The minimum atomic E-state index is -0.786. The van der Waals surface area contributed by atoms with Crippen LogP contribution in [0.5, 0.6) is 0 Å². The number of rotatable bonds is 5. The summed E-state index contributed by atoms with van der Waals surface area (Å²) in [5.41, 5.74) is 0.842. The van der Waals surface area contributed by atoms with Gasteiger partial charge in [-0.05, 0) is 33.6 Å². The maximum absolute atomic E-state index is 11.4. The largest absolute Gasteiger partial charge is 0.481 e. The maximum atomic E-state index is 11.4. The Labute approximate surface area is 125 Å². The van der Waals surface area contributed by atoms with Crippen molar-refractivity contribution < 1.29 is 9.90 Å². The Morgan fingerprint density at radius 2 is 1.74 bits per heavy atom. The number of carboxylic acids is 1. The molecule has 1 atom stereocenters. The number of hydrogen-bond acceptors (Lipinski definition) is 2. The van der Waals surface area contributed by atoms with Gasteiger partial charge in [-0.3, -0.25) is 4.79 Å². The van der Waals surface area contributed by atoms with Crippen LogP contribution in [0.25, 0.3) is 0 Å². The second kappa shape index (κ2) is 6.78. The third kappa shape index (κ3) is 3.85. The standard InChI is InChI=1S/C15H13BrO2S/c16-13-8-4-5-9-14(13)19-10-12(15(17)18)11-6-2-1-3-7-11/h1-9,12H,10H2,(H,17,18). The molecule has 2 aromatic rings. The van der Waals surface area contributed by atoms with Gasteiger partial charge in [0.2, 0.25) is 0 Å². The predicted molar refractivity (Wildman–Crippen MR) is 81.7 cm³/mol. The van der Waals surface area contributed by atoms with E-state index in [0.717, 1.165) is 14.9 Å². The lowest BCUT2D eigenvalue weighted by atomic mass is 10.0. The summed E-state index contributed by atoms with van der Waals surface area (Å²) < 4.78 is 0.997. The van der Waals surface area contributed by atoms with Gasteiger partial charge >= 0.3 is 5.97 Å². The highest BCUT2D eigenvalue weighted by atomic mass is 79.9. The SMILES string of the molecule is O=C(O)C(CSc1ccccc1Br)c1ccccc1. The molecule has 19 heavy (non-hydrogen) atoms. The van der Waals surface area contributed by atoms with Crippen LogP contribution in [-0.4, -0.2) is 16.8 Å². The molecule has 2 rings (SSSR count). The zero-order valence-electron chi connectivity index (χ0n) is 10.1. The fraction of sp³-hybridized carbons (Fsp3) is 0.133. The lowest BCUT2D eigenvalue weighted by Crippen LogP contribution is -2.14. The Morgan fingerprint density at radius 3 is 2.37 bits per heavy atom. The van der Waals surface area contributed by atoms with E-state index in [9.17, 15) is 9.90 Å². The van der Waals surface area contributed by atoms with Gasteiger partial charge in [-0.25, -0.2) is 0 Å². The summed E-state index contributed by atoms with van der Waals surface area (Å²) in [5.74, 6) is -0.758. The van der Waals surface area contributed by atoms with Gasteiger partial charge in [-0.1, -0.05) is 42.5 Å². The molecular weight excluding hydrogens is 324 g/mol. The molecule has 1 N–H and O–H groups in total. The van der Waals surface area contributed by atoms with Crippen molar-refractivity contribution in [3.05, 3.63) is 64.6 Å². The molecule has 0 radical (unpaired) electrons. The van der Waals surface area contributed by atoms with Gasteiger partial charge < -0.3 is 5.11 Å². The summed E-state index contributed by atoms with van der Waals surface area (Å²) in [6, 6.07) is 17.2. The van der Waals surface area contributed by atoms with Crippen molar-refractivity contribution in [2.45, 2.75) is 10.8 Å². The number of hydrogen-bond donors (Lipinski definition) is 1. The lowest BCUT2D eigenvalue weighted by molar-refractivity contribution is -0.138. The molecule has 0 saturated carbocycles. The second-order valence-electron chi connectivity index (χ2n) is 4.04. The molecule has 0 fully saturated rings. The van der Waals surface area contributed by atoms with Gasteiger partial charge in [0.15, 0.2) is 0 Å². The van der Waals surface area contributed by atoms with Crippen LogP contribution in [0.2, 0.25) is 0 Å². The van der Waals surface area contributed by atoms with Crippen molar-refractivity contribution in [2.24, 2.45) is 0 Å². The number of aliphatic carboxylic acids is 1. The Balaban J connectivity index is 2.11. The first kappa shape index (κ1) is 14.2.